The van der Waals surface area contributed by atoms with Gasteiger partial charge in [-0.2, -0.15) is 0 Å². The first-order valence-electron chi connectivity index (χ1n) is 5.54. The van der Waals surface area contributed by atoms with E-state index in [-0.39, 0.29) is 11.3 Å². The van der Waals surface area contributed by atoms with Gasteiger partial charge in [0.15, 0.2) is 0 Å². The monoisotopic (exact) mass is 321 g/mol. The van der Waals surface area contributed by atoms with Crippen molar-refractivity contribution < 1.29 is 14.6 Å². The topological polar surface area (TPSA) is 58.6 Å². The number of amides is 1. The van der Waals surface area contributed by atoms with E-state index in [0.717, 1.165) is 4.47 Å². The zero-order chi connectivity index (χ0) is 13.8. The number of hydrogen-bond acceptors (Lipinski definition) is 3. The van der Waals surface area contributed by atoms with Crippen molar-refractivity contribution >= 4 is 27.5 Å². The number of aromatic hydroxyl groups is 1. The Morgan fingerprint density at radius 1 is 1.26 bits per heavy atom. The van der Waals surface area contributed by atoms with Gasteiger partial charge in [0.1, 0.15) is 11.5 Å². The predicted octanol–water partition coefficient (Wildman–Crippen LogP) is 3.42. The Bertz CT molecular complexity index is 613. The molecule has 0 spiro atoms. The Hall–Kier alpha value is -2.01. The van der Waals surface area contributed by atoms with Crippen molar-refractivity contribution in [1.29, 1.82) is 0 Å². The Kier molecular flexibility index (Phi) is 4.06. The van der Waals surface area contributed by atoms with E-state index in [1.807, 2.05) is 12.1 Å². The number of carbonyl (C=O) groups excluding carboxylic acids is 1. The fourth-order valence-corrected chi connectivity index (χ4v) is 1.99. The molecule has 2 aromatic rings. The van der Waals surface area contributed by atoms with Crippen molar-refractivity contribution in [2.75, 3.05) is 12.4 Å². The van der Waals surface area contributed by atoms with Crippen LogP contribution in [0.2, 0.25) is 0 Å². The largest absolute Gasteiger partial charge is 0.507 e. The van der Waals surface area contributed by atoms with Gasteiger partial charge in [0.25, 0.3) is 5.91 Å². The van der Waals surface area contributed by atoms with Gasteiger partial charge in [-0.25, -0.2) is 0 Å². The SMILES string of the molecule is COc1ccc(O)c(C(=O)Nc2cccc(Br)c2)c1. The van der Waals surface area contributed by atoms with Crippen LogP contribution in [0.1, 0.15) is 10.4 Å². The Morgan fingerprint density at radius 3 is 2.74 bits per heavy atom. The highest BCUT2D eigenvalue weighted by molar-refractivity contribution is 9.10. The molecule has 2 N–H and O–H groups in total. The molecule has 0 saturated heterocycles. The molecule has 1 amide bonds. The van der Waals surface area contributed by atoms with Crippen LogP contribution in [0.5, 0.6) is 11.5 Å². The Labute approximate surface area is 119 Å². The summed E-state index contributed by atoms with van der Waals surface area (Å²) in [6.45, 7) is 0. The van der Waals surface area contributed by atoms with Gasteiger partial charge in [-0.3, -0.25) is 4.79 Å². The van der Waals surface area contributed by atoms with E-state index < -0.39 is 5.91 Å². The number of phenols is 1. The number of benzene rings is 2. The average Bonchev–Trinajstić information content (AvgIpc) is 2.39. The number of phenolic OH excluding ortho intramolecular Hbond substituents is 1. The van der Waals surface area contributed by atoms with Crippen molar-refractivity contribution in [3.8, 4) is 11.5 Å². The van der Waals surface area contributed by atoms with Crippen LogP contribution in [0.25, 0.3) is 0 Å². The van der Waals surface area contributed by atoms with Crippen LogP contribution in [0.4, 0.5) is 5.69 Å². The summed E-state index contributed by atoms with van der Waals surface area (Å²) in [4.78, 5) is 12.1. The van der Waals surface area contributed by atoms with Crippen molar-refractivity contribution in [3.05, 3.63) is 52.5 Å². The molecule has 0 unspecified atom stereocenters. The van der Waals surface area contributed by atoms with E-state index >= 15 is 0 Å². The second-order valence-electron chi connectivity index (χ2n) is 3.85. The number of hydrogen-bond donors (Lipinski definition) is 2. The summed E-state index contributed by atoms with van der Waals surface area (Å²) in [5.41, 5.74) is 0.806. The Balaban J connectivity index is 2.25. The van der Waals surface area contributed by atoms with E-state index in [1.54, 1.807) is 18.2 Å². The van der Waals surface area contributed by atoms with Crippen LogP contribution >= 0.6 is 15.9 Å². The molecule has 0 bridgehead atoms. The van der Waals surface area contributed by atoms with Gasteiger partial charge in [-0.05, 0) is 36.4 Å². The van der Waals surface area contributed by atoms with Crippen molar-refractivity contribution in [2.24, 2.45) is 0 Å². The predicted molar refractivity (Wildman–Crippen MR) is 76.8 cm³/mol. The summed E-state index contributed by atoms with van der Waals surface area (Å²) >= 11 is 3.32. The third-order valence-corrected chi connectivity index (χ3v) is 3.02. The lowest BCUT2D eigenvalue weighted by molar-refractivity contribution is 0.102. The summed E-state index contributed by atoms with van der Waals surface area (Å²) in [7, 11) is 1.50. The standard InChI is InChI=1S/C14H12BrNO3/c1-19-11-5-6-13(17)12(8-11)14(18)16-10-4-2-3-9(15)7-10/h2-8,17H,1H3,(H,16,18). The zero-order valence-corrected chi connectivity index (χ0v) is 11.8. The molecule has 0 atom stereocenters. The second kappa shape index (κ2) is 5.75. The fraction of sp³-hybridized carbons (Fsp3) is 0.0714. The van der Waals surface area contributed by atoms with Gasteiger partial charge in [0, 0.05) is 10.2 Å². The van der Waals surface area contributed by atoms with Crippen molar-refractivity contribution in [2.45, 2.75) is 0 Å². The van der Waals surface area contributed by atoms with E-state index in [0.29, 0.717) is 11.4 Å². The van der Waals surface area contributed by atoms with Gasteiger partial charge in [0.05, 0.1) is 12.7 Å². The smallest absolute Gasteiger partial charge is 0.259 e. The zero-order valence-electron chi connectivity index (χ0n) is 10.2. The number of ether oxygens (including phenoxy) is 1. The minimum absolute atomic E-state index is 0.0895. The minimum Gasteiger partial charge on any atom is -0.507 e. The molecule has 0 fully saturated rings. The van der Waals surface area contributed by atoms with Crippen LogP contribution < -0.4 is 10.1 Å². The highest BCUT2D eigenvalue weighted by Gasteiger charge is 2.12. The lowest BCUT2D eigenvalue weighted by Crippen LogP contribution is -2.12. The molecule has 0 heterocycles. The number of carbonyl (C=O) groups is 1. The molecule has 0 aliphatic carbocycles. The van der Waals surface area contributed by atoms with Crippen molar-refractivity contribution in [1.82, 2.24) is 0 Å². The molecule has 0 aliphatic rings. The number of nitrogens with one attached hydrogen (secondary N) is 1. The lowest BCUT2D eigenvalue weighted by atomic mass is 10.1. The van der Waals surface area contributed by atoms with Gasteiger partial charge >= 0.3 is 0 Å². The third-order valence-electron chi connectivity index (χ3n) is 2.53. The summed E-state index contributed by atoms with van der Waals surface area (Å²) in [5.74, 6) is 0.0278. The Morgan fingerprint density at radius 2 is 2.05 bits per heavy atom. The molecule has 5 heteroatoms. The lowest BCUT2D eigenvalue weighted by Gasteiger charge is -2.08. The number of methoxy groups -OCH3 is 1. The van der Waals surface area contributed by atoms with Crippen LogP contribution in [0.15, 0.2) is 46.9 Å². The van der Waals surface area contributed by atoms with E-state index in [1.165, 1.54) is 19.2 Å². The molecule has 0 saturated carbocycles. The van der Waals surface area contributed by atoms with Crippen LogP contribution in [0.3, 0.4) is 0 Å². The summed E-state index contributed by atoms with van der Waals surface area (Å²) in [6.07, 6.45) is 0. The maximum Gasteiger partial charge on any atom is 0.259 e. The van der Waals surface area contributed by atoms with Gasteiger partial charge in [0.2, 0.25) is 0 Å². The van der Waals surface area contributed by atoms with Crippen LogP contribution in [-0.4, -0.2) is 18.1 Å². The fourth-order valence-electron chi connectivity index (χ4n) is 1.59. The summed E-state index contributed by atoms with van der Waals surface area (Å²) < 4.78 is 5.89. The maximum atomic E-state index is 12.1. The first kappa shape index (κ1) is 13.4. The van der Waals surface area contributed by atoms with Crippen LogP contribution in [0, 0.1) is 0 Å². The number of anilines is 1. The molecule has 4 nitrogen and oxygen atoms in total. The molecule has 19 heavy (non-hydrogen) atoms. The van der Waals surface area contributed by atoms with Gasteiger partial charge < -0.3 is 15.2 Å². The van der Waals surface area contributed by atoms with Gasteiger partial charge in [-0.1, -0.05) is 22.0 Å². The highest BCUT2D eigenvalue weighted by Crippen LogP contribution is 2.24. The third kappa shape index (κ3) is 3.26. The highest BCUT2D eigenvalue weighted by atomic mass is 79.9. The normalized spacial score (nSPS) is 10.0. The van der Waals surface area contributed by atoms with Crippen molar-refractivity contribution in [3.63, 3.8) is 0 Å². The summed E-state index contributed by atoms with van der Waals surface area (Å²) in [5, 5.41) is 12.4. The second-order valence-corrected chi connectivity index (χ2v) is 4.76. The average molecular weight is 322 g/mol. The summed E-state index contributed by atoms with van der Waals surface area (Å²) in [6, 6.07) is 11.7. The van der Waals surface area contributed by atoms with Gasteiger partial charge in [-0.15, -0.1) is 0 Å². The molecule has 98 valence electrons. The first-order valence-corrected chi connectivity index (χ1v) is 6.33. The number of rotatable bonds is 3. The van der Waals surface area contributed by atoms with E-state index in [9.17, 15) is 9.90 Å². The molecule has 0 radical (unpaired) electrons. The van der Waals surface area contributed by atoms with E-state index in [2.05, 4.69) is 21.2 Å². The van der Waals surface area contributed by atoms with Crippen LogP contribution in [-0.2, 0) is 0 Å². The maximum absolute atomic E-state index is 12.1. The molecule has 0 aromatic heterocycles. The molecule has 2 rings (SSSR count). The minimum atomic E-state index is -0.394. The number of halogens is 1. The quantitative estimate of drug-likeness (QED) is 0.910. The molecular formula is C14H12BrNO3. The molecular weight excluding hydrogens is 310 g/mol. The van der Waals surface area contributed by atoms with E-state index in [4.69, 9.17) is 4.74 Å². The molecule has 0 aliphatic heterocycles. The first-order chi connectivity index (χ1) is 9.10. The molecule has 2 aromatic carbocycles.